The molecule has 0 radical (unpaired) electrons. The van der Waals surface area contributed by atoms with Gasteiger partial charge in [-0.15, -0.1) is 0 Å². The van der Waals surface area contributed by atoms with Gasteiger partial charge in [-0.25, -0.2) is 4.79 Å². The van der Waals surface area contributed by atoms with E-state index in [1.54, 1.807) is 20.2 Å². The summed E-state index contributed by atoms with van der Waals surface area (Å²) < 4.78 is 0. The van der Waals surface area contributed by atoms with Crippen LogP contribution in [0.4, 0.5) is 4.79 Å². The minimum absolute atomic E-state index is 0.124. The Bertz CT molecular complexity index is 335. The second kappa shape index (κ2) is 3.31. The first kappa shape index (κ1) is 9.33. The maximum Gasteiger partial charge on any atom is 0.328 e. The van der Waals surface area contributed by atoms with Gasteiger partial charge in [-0.1, -0.05) is 0 Å². The molecule has 0 unspecified atom stereocenters. The first-order valence-electron chi connectivity index (χ1n) is 3.87. The number of nitriles is 1. The van der Waals surface area contributed by atoms with Crippen LogP contribution in [0.5, 0.6) is 0 Å². The Morgan fingerprint density at radius 1 is 1.46 bits per heavy atom. The summed E-state index contributed by atoms with van der Waals surface area (Å²) >= 11 is 0. The number of rotatable bonds is 0. The number of hydrogen-bond donors (Lipinski definition) is 0. The minimum Gasteiger partial charge on any atom is -0.301 e. The molecule has 0 aliphatic carbocycles. The lowest BCUT2D eigenvalue weighted by Gasteiger charge is -2.30. The fraction of sp³-hybridized carbons (Fsp3) is 0.333. The lowest BCUT2D eigenvalue weighted by atomic mass is 10.2. The van der Waals surface area contributed by atoms with E-state index in [0.717, 1.165) is 5.70 Å². The monoisotopic (exact) mass is 177 g/mol. The average molecular weight is 177 g/mol. The molecule has 0 saturated heterocycles. The molecule has 0 spiro atoms. The lowest BCUT2D eigenvalue weighted by Crippen LogP contribution is -2.40. The van der Waals surface area contributed by atoms with Gasteiger partial charge in [-0.05, 0) is 13.0 Å². The number of nitrogens with zero attached hydrogens (tertiary/aromatic N) is 3. The summed E-state index contributed by atoms with van der Waals surface area (Å²) in [5.74, 6) is 0. The van der Waals surface area contributed by atoms with Crippen LogP contribution in [0.15, 0.2) is 23.5 Å². The predicted molar refractivity (Wildman–Crippen MR) is 48.4 cm³/mol. The van der Waals surface area contributed by atoms with E-state index < -0.39 is 0 Å². The topological polar surface area (TPSA) is 47.3 Å². The Labute approximate surface area is 77.3 Å². The van der Waals surface area contributed by atoms with E-state index in [0.29, 0.717) is 5.70 Å². The third-order valence-electron chi connectivity index (χ3n) is 2.06. The molecule has 0 atom stereocenters. The smallest absolute Gasteiger partial charge is 0.301 e. The molecule has 2 amide bonds. The van der Waals surface area contributed by atoms with Gasteiger partial charge in [0.25, 0.3) is 0 Å². The summed E-state index contributed by atoms with van der Waals surface area (Å²) in [5, 5.41) is 8.47. The third-order valence-corrected chi connectivity index (χ3v) is 2.06. The fourth-order valence-electron chi connectivity index (χ4n) is 1.10. The van der Waals surface area contributed by atoms with E-state index in [9.17, 15) is 4.79 Å². The fourth-order valence-corrected chi connectivity index (χ4v) is 1.10. The largest absolute Gasteiger partial charge is 0.328 e. The van der Waals surface area contributed by atoms with Gasteiger partial charge in [0.05, 0.1) is 11.8 Å². The average Bonchev–Trinajstić information content (AvgIpc) is 2.11. The van der Waals surface area contributed by atoms with Crippen LogP contribution in [0, 0.1) is 11.3 Å². The van der Waals surface area contributed by atoms with Crippen LogP contribution in [-0.2, 0) is 0 Å². The number of amides is 2. The molecule has 0 aromatic carbocycles. The van der Waals surface area contributed by atoms with E-state index in [1.807, 2.05) is 13.0 Å². The summed E-state index contributed by atoms with van der Waals surface area (Å²) in [7, 11) is 3.35. The molecular formula is C9H11N3O. The van der Waals surface area contributed by atoms with Crippen molar-refractivity contribution in [1.82, 2.24) is 9.80 Å². The molecule has 0 aromatic rings. The van der Waals surface area contributed by atoms with Crippen molar-refractivity contribution < 1.29 is 4.79 Å². The van der Waals surface area contributed by atoms with Crippen LogP contribution in [0.1, 0.15) is 6.92 Å². The van der Waals surface area contributed by atoms with Crippen molar-refractivity contribution in [2.75, 3.05) is 14.1 Å². The van der Waals surface area contributed by atoms with Gasteiger partial charge < -0.3 is 4.90 Å². The van der Waals surface area contributed by atoms with Crippen LogP contribution in [0.25, 0.3) is 0 Å². The predicted octanol–water partition coefficient (Wildman–Crippen LogP) is 1.29. The number of carbonyl (C=O) groups is 1. The number of hydrogen-bond acceptors (Lipinski definition) is 2. The third kappa shape index (κ3) is 1.54. The molecule has 68 valence electrons. The van der Waals surface area contributed by atoms with Crippen molar-refractivity contribution in [2.45, 2.75) is 6.92 Å². The molecule has 0 aromatic heterocycles. The molecule has 13 heavy (non-hydrogen) atoms. The number of allylic oxidation sites excluding steroid dienone is 3. The molecule has 0 fully saturated rings. The van der Waals surface area contributed by atoms with E-state index in [1.165, 1.54) is 15.9 Å². The highest BCUT2D eigenvalue weighted by Crippen LogP contribution is 2.18. The van der Waals surface area contributed by atoms with Crippen molar-refractivity contribution in [3.05, 3.63) is 23.5 Å². The number of carbonyl (C=O) groups excluding carboxylic acids is 1. The highest BCUT2D eigenvalue weighted by molar-refractivity contribution is 5.80. The molecule has 0 N–H and O–H groups in total. The van der Waals surface area contributed by atoms with Crippen LogP contribution < -0.4 is 0 Å². The quantitative estimate of drug-likeness (QED) is 0.523. The second-order valence-corrected chi connectivity index (χ2v) is 2.88. The Kier molecular flexibility index (Phi) is 2.38. The van der Waals surface area contributed by atoms with Gasteiger partial charge in [0, 0.05) is 25.9 Å². The maximum atomic E-state index is 11.5. The van der Waals surface area contributed by atoms with E-state index in [2.05, 4.69) is 0 Å². The second-order valence-electron chi connectivity index (χ2n) is 2.88. The minimum atomic E-state index is -0.124. The standard InChI is InChI=1S/C9H11N3O/c1-7-6-8(4-5-10)12(3)9(13)11(7)2/h4,6H,1-3H3. The first-order valence-corrected chi connectivity index (χ1v) is 3.87. The number of likely N-dealkylation sites (N-methyl/N-ethyl adjacent to an activating group) is 1. The van der Waals surface area contributed by atoms with Gasteiger partial charge >= 0.3 is 6.03 Å². The molecule has 4 nitrogen and oxygen atoms in total. The van der Waals surface area contributed by atoms with Gasteiger partial charge in [0.15, 0.2) is 0 Å². The highest BCUT2D eigenvalue weighted by atomic mass is 16.2. The van der Waals surface area contributed by atoms with Crippen LogP contribution in [0.2, 0.25) is 0 Å². The summed E-state index contributed by atoms with van der Waals surface area (Å²) in [5.41, 5.74) is 1.47. The summed E-state index contributed by atoms with van der Waals surface area (Å²) in [6, 6.07) is 1.78. The first-order chi connectivity index (χ1) is 6.07. The molecule has 0 bridgehead atoms. The highest BCUT2D eigenvalue weighted by Gasteiger charge is 2.22. The summed E-state index contributed by atoms with van der Waals surface area (Å²) in [6.07, 6.45) is 3.15. The van der Waals surface area contributed by atoms with Crippen molar-refractivity contribution in [3.8, 4) is 6.07 Å². The van der Waals surface area contributed by atoms with Crippen LogP contribution in [0.3, 0.4) is 0 Å². The zero-order valence-corrected chi connectivity index (χ0v) is 7.90. The number of urea groups is 1. The normalized spacial score (nSPS) is 20.3. The van der Waals surface area contributed by atoms with Crippen molar-refractivity contribution in [3.63, 3.8) is 0 Å². The Morgan fingerprint density at radius 2 is 2.08 bits per heavy atom. The molecule has 4 heteroatoms. The molecule has 0 saturated carbocycles. The Balaban J connectivity index is 3.12. The van der Waals surface area contributed by atoms with Gasteiger partial charge in [0.2, 0.25) is 0 Å². The molecular weight excluding hydrogens is 166 g/mol. The Hall–Kier alpha value is -1.76. The lowest BCUT2D eigenvalue weighted by molar-refractivity contribution is 0.191. The van der Waals surface area contributed by atoms with Crippen molar-refractivity contribution in [1.29, 1.82) is 5.26 Å². The van der Waals surface area contributed by atoms with Gasteiger partial charge in [-0.2, -0.15) is 5.26 Å². The van der Waals surface area contributed by atoms with E-state index in [4.69, 9.17) is 5.26 Å². The Morgan fingerprint density at radius 3 is 2.62 bits per heavy atom. The van der Waals surface area contributed by atoms with E-state index in [-0.39, 0.29) is 6.03 Å². The van der Waals surface area contributed by atoms with Gasteiger partial charge in [0.1, 0.15) is 0 Å². The maximum absolute atomic E-state index is 11.5. The summed E-state index contributed by atoms with van der Waals surface area (Å²) in [4.78, 5) is 14.5. The molecule has 1 aliphatic heterocycles. The molecule has 1 rings (SSSR count). The summed E-state index contributed by atoms with van der Waals surface area (Å²) in [6.45, 7) is 1.83. The zero-order chi connectivity index (χ0) is 10.0. The van der Waals surface area contributed by atoms with Crippen molar-refractivity contribution in [2.24, 2.45) is 0 Å². The zero-order valence-electron chi connectivity index (χ0n) is 7.90. The van der Waals surface area contributed by atoms with Crippen LogP contribution >= 0.6 is 0 Å². The van der Waals surface area contributed by atoms with E-state index >= 15 is 0 Å². The molecule has 1 aliphatic rings. The molecule has 1 heterocycles. The SMILES string of the molecule is CC1=CC(=CC#N)N(C)C(=O)N1C. The van der Waals surface area contributed by atoms with Gasteiger partial charge in [-0.3, -0.25) is 4.90 Å². The van der Waals surface area contributed by atoms with Crippen LogP contribution in [-0.4, -0.2) is 29.9 Å². The van der Waals surface area contributed by atoms with Crippen molar-refractivity contribution >= 4 is 6.03 Å².